The Balaban J connectivity index is 0.000000364. The Hall–Kier alpha value is -1.84. The maximum Gasteiger partial charge on any atom is 0.307 e. The van der Waals surface area contributed by atoms with Gasteiger partial charge in [-0.15, -0.1) is 0 Å². The number of hydrogen-bond donors (Lipinski definition) is 2. The molecule has 1 aromatic carbocycles. The minimum Gasteiger partial charge on any atom is -0.481 e. The quantitative estimate of drug-likeness (QED) is 0.732. The summed E-state index contributed by atoms with van der Waals surface area (Å²) in [5.41, 5.74) is 5.31. The maximum absolute atomic E-state index is 10.2. The Morgan fingerprint density at radius 3 is 2.07 bits per heavy atom. The molecule has 1 rings (SSSR count). The number of carboxylic acids is 1. The molecular formula is C10H13NO3. The second kappa shape index (κ2) is 6.65. The molecule has 76 valence electrons. The fraction of sp³-hybridized carbons (Fsp3) is 0.200. The second-order valence-corrected chi connectivity index (χ2v) is 2.67. The number of rotatable bonds is 2. The molecule has 4 nitrogen and oxygen atoms in total. The van der Waals surface area contributed by atoms with Crippen molar-refractivity contribution >= 4 is 11.9 Å². The van der Waals surface area contributed by atoms with Crippen molar-refractivity contribution in [3.63, 3.8) is 0 Å². The summed E-state index contributed by atoms with van der Waals surface area (Å²) in [6.45, 7) is 1.31. The van der Waals surface area contributed by atoms with Gasteiger partial charge in [0.05, 0.1) is 6.42 Å². The van der Waals surface area contributed by atoms with Crippen LogP contribution >= 0.6 is 0 Å². The van der Waals surface area contributed by atoms with Gasteiger partial charge in [-0.25, -0.2) is 0 Å². The summed E-state index contributed by atoms with van der Waals surface area (Å²) in [6.07, 6.45) is 0.112. The largest absolute Gasteiger partial charge is 0.481 e. The van der Waals surface area contributed by atoms with Crippen LogP contribution in [0.5, 0.6) is 0 Å². The van der Waals surface area contributed by atoms with E-state index in [0.717, 1.165) is 5.56 Å². The van der Waals surface area contributed by atoms with Gasteiger partial charge in [0.2, 0.25) is 5.91 Å². The van der Waals surface area contributed by atoms with E-state index in [0.29, 0.717) is 0 Å². The highest BCUT2D eigenvalue weighted by Gasteiger charge is 1.96. The summed E-state index contributed by atoms with van der Waals surface area (Å²) >= 11 is 0. The van der Waals surface area contributed by atoms with Crippen LogP contribution in [0, 0.1) is 0 Å². The molecule has 0 fully saturated rings. The van der Waals surface area contributed by atoms with Gasteiger partial charge < -0.3 is 10.8 Å². The Morgan fingerprint density at radius 1 is 1.29 bits per heavy atom. The molecule has 0 saturated heterocycles. The van der Waals surface area contributed by atoms with Gasteiger partial charge in [0, 0.05) is 6.92 Å². The van der Waals surface area contributed by atoms with E-state index in [-0.39, 0.29) is 12.3 Å². The Bertz CT molecular complexity index is 291. The van der Waals surface area contributed by atoms with Crippen LogP contribution < -0.4 is 5.73 Å². The van der Waals surface area contributed by atoms with Crippen LogP contribution in [-0.2, 0) is 16.0 Å². The van der Waals surface area contributed by atoms with E-state index >= 15 is 0 Å². The number of benzene rings is 1. The molecule has 0 aliphatic carbocycles. The molecule has 1 amide bonds. The predicted molar refractivity (Wildman–Crippen MR) is 52.7 cm³/mol. The maximum atomic E-state index is 10.2. The zero-order chi connectivity index (χ0) is 11.0. The molecule has 0 heterocycles. The molecule has 4 heteroatoms. The van der Waals surface area contributed by atoms with Crippen LogP contribution in [0.1, 0.15) is 12.5 Å². The van der Waals surface area contributed by atoms with Crippen LogP contribution in [0.3, 0.4) is 0 Å². The van der Waals surface area contributed by atoms with Gasteiger partial charge in [0.25, 0.3) is 0 Å². The normalized spacial score (nSPS) is 8.36. The highest BCUT2D eigenvalue weighted by Crippen LogP contribution is 1.98. The Kier molecular flexibility index (Phi) is 5.78. The van der Waals surface area contributed by atoms with Gasteiger partial charge >= 0.3 is 5.97 Å². The van der Waals surface area contributed by atoms with Crippen molar-refractivity contribution < 1.29 is 14.7 Å². The summed E-state index contributed by atoms with van der Waals surface area (Å²) in [5.74, 6) is -1.12. The Labute approximate surface area is 82.4 Å². The van der Waals surface area contributed by atoms with Crippen molar-refractivity contribution in [1.29, 1.82) is 0 Å². The van der Waals surface area contributed by atoms with Crippen molar-refractivity contribution in [2.75, 3.05) is 0 Å². The summed E-state index contributed by atoms with van der Waals surface area (Å²) in [5, 5.41) is 8.37. The smallest absolute Gasteiger partial charge is 0.307 e. The van der Waals surface area contributed by atoms with E-state index in [1.165, 1.54) is 6.92 Å². The third-order valence-corrected chi connectivity index (χ3v) is 1.20. The number of hydrogen-bond acceptors (Lipinski definition) is 2. The molecule has 0 radical (unpaired) electrons. The second-order valence-electron chi connectivity index (χ2n) is 2.67. The lowest BCUT2D eigenvalue weighted by Gasteiger charge is -1.92. The van der Waals surface area contributed by atoms with Crippen LogP contribution in [0.2, 0.25) is 0 Å². The first-order valence-corrected chi connectivity index (χ1v) is 4.04. The summed E-state index contributed by atoms with van der Waals surface area (Å²) < 4.78 is 0. The zero-order valence-electron chi connectivity index (χ0n) is 7.93. The standard InChI is InChI=1S/C8H8O2.C2H5NO/c9-8(10)6-7-4-2-1-3-5-7;1-2(3)4/h1-5H,6H2,(H,9,10);1H3,(H2,3,4). The number of carbonyl (C=O) groups is 2. The molecule has 14 heavy (non-hydrogen) atoms. The van der Waals surface area contributed by atoms with Gasteiger partial charge in [-0.05, 0) is 5.56 Å². The van der Waals surface area contributed by atoms with Gasteiger partial charge in [0.1, 0.15) is 0 Å². The van der Waals surface area contributed by atoms with E-state index < -0.39 is 5.97 Å². The van der Waals surface area contributed by atoms with Gasteiger partial charge in [-0.2, -0.15) is 0 Å². The number of nitrogens with two attached hydrogens (primary N) is 1. The highest BCUT2D eigenvalue weighted by atomic mass is 16.4. The van der Waals surface area contributed by atoms with Gasteiger partial charge in [0.15, 0.2) is 0 Å². The third kappa shape index (κ3) is 8.26. The molecule has 0 bridgehead atoms. The van der Waals surface area contributed by atoms with Crippen LogP contribution in [-0.4, -0.2) is 17.0 Å². The topological polar surface area (TPSA) is 80.4 Å². The molecule has 3 N–H and O–H groups in total. The monoisotopic (exact) mass is 195 g/mol. The highest BCUT2D eigenvalue weighted by molar-refractivity contribution is 5.70. The Morgan fingerprint density at radius 2 is 1.71 bits per heavy atom. The lowest BCUT2D eigenvalue weighted by atomic mass is 10.2. The molecular weight excluding hydrogens is 182 g/mol. The molecule has 0 spiro atoms. The molecule has 0 unspecified atom stereocenters. The van der Waals surface area contributed by atoms with Crippen LogP contribution in [0.4, 0.5) is 0 Å². The van der Waals surface area contributed by atoms with Crippen LogP contribution in [0.15, 0.2) is 30.3 Å². The average molecular weight is 195 g/mol. The van der Waals surface area contributed by atoms with Crippen molar-refractivity contribution in [1.82, 2.24) is 0 Å². The van der Waals surface area contributed by atoms with E-state index in [9.17, 15) is 9.59 Å². The number of carbonyl (C=O) groups excluding carboxylic acids is 1. The molecule has 0 aliphatic rings. The summed E-state index contributed by atoms with van der Waals surface area (Å²) in [6, 6.07) is 9.13. The van der Waals surface area contributed by atoms with Crippen molar-refractivity contribution in [2.45, 2.75) is 13.3 Å². The summed E-state index contributed by atoms with van der Waals surface area (Å²) in [4.78, 5) is 19.4. The molecule has 0 saturated carbocycles. The number of primary amides is 1. The molecule has 0 aliphatic heterocycles. The minimum atomic E-state index is -0.786. The first kappa shape index (κ1) is 12.2. The molecule has 0 atom stereocenters. The zero-order valence-corrected chi connectivity index (χ0v) is 7.93. The minimum absolute atomic E-state index is 0.112. The number of carboxylic acid groups (broad SMARTS) is 1. The molecule has 0 aromatic heterocycles. The SMILES string of the molecule is CC(N)=O.O=C(O)Cc1ccccc1. The first-order chi connectivity index (χ1) is 6.52. The average Bonchev–Trinajstić information content (AvgIpc) is 2.03. The van der Waals surface area contributed by atoms with Crippen LogP contribution in [0.25, 0.3) is 0 Å². The van der Waals surface area contributed by atoms with E-state index in [1.54, 1.807) is 12.1 Å². The third-order valence-electron chi connectivity index (χ3n) is 1.20. The van der Waals surface area contributed by atoms with Crippen molar-refractivity contribution in [3.05, 3.63) is 35.9 Å². The first-order valence-electron chi connectivity index (χ1n) is 4.04. The summed E-state index contributed by atoms with van der Waals surface area (Å²) in [7, 11) is 0. The predicted octanol–water partition coefficient (Wildman–Crippen LogP) is 0.805. The van der Waals surface area contributed by atoms with Crippen molar-refractivity contribution in [2.24, 2.45) is 5.73 Å². The molecule has 1 aromatic rings. The lowest BCUT2D eigenvalue weighted by Crippen LogP contribution is -2.01. The number of amides is 1. The lowest BCUT2D eigenvalue weighted by molar-refractivity contribution is -0.136. The van der Waals surface area contributed by atoms with E-state index in [1.807, 2.05) is 18.2 Å². The fourth-order valence-electron chi connectivity index (χ4n) is 0.770. The number of aliphatic carboxylic acids is 1. The fourth-order valence-corrected chi connectivity index (χ4v) is 0.770. The van der Waals surface area contributed by atoms with E-state index in [2.05, 4.69) is 5.73 Å². The van der Waals surface area contributed by atoms with E-state index in [4.69, 9.17) is 5.11 Å². The van der Waals surface area contributed by atoms with Gasteiger partial charge in [-0.3, -0.25) is 9.59 Å². The van der Waals surface area contributed by atoms with Crippen molar-refractivity contribution in [3.8, 4) is 0 Å². The van der Waals surface area contributed by atoms with Gasteiger partial charge in [-0.1, -0.05) is 30.3 Å².